The van der Waals surface area contributed by atoms with Gasteiger partial charge in [-0.2, -0.15) is 11.8 Å². The number of carbonyl (C=O) groups excluding carboxylic acids is 1. The fourth-order valence-corrected chi connectivity index (χ4v) is 2.36. The normalized spacial score (nSPS) is 12.3. The number of aliphatic hydroxyl groups is 1. The summed E-state index contributed by atoms with van der Waals surface area (Å²) in [6.45, 7) is -0.0559. The van der Waals surface area contributed by atoms with E-state index in [-0.39, 0.29) is 18.6 Å². The third kappa shape index (κ3) is 3.68. The number of nitrogens with zero attached hydrogens (tertiary/aromatic N) is 2. The van der Waals surface area contributed by atoms with E-state index in [2.05, 4.69) is 15.3 Å². The van der Waals surface area contributed by atoms with Crippen molar-refractivity contribution in [3.05, 3.63) is 36.2 Å². The summed E-state index contributed by atoms with van der Waals surface area (Å²) in [7, 11) is 0. The van der Waals surface area contributed by atoms with Crippen LogP contribution in [-0.4, -0.2) is 45.6 Å². The van der Waals surface area contributed by atoms with Crippen molar-refractivity contribution in [3.63, 3.8) is 0 Å². The molecule has 1 aromatic carbocycles. The molecule has 1 heterocycles. The molecule has 1 atom stereocenters. The minimum Gasteiger partial charge on any atom is -0.394 e. The highest BCUT2D eigenvalue weighted by molar-refractivity contribution is 7.98. The van der Waals surface area contributed by atoms with Crippen LogP contribution in [0.3, 0.4) is 0 Å². The summed E-state index contributed by atoms with van der Waals surface area (Å²) < 4.78 is 0. The summed E-state index contributed by atoms with van der Waals surface area (Å²) >= 11 is 1.69. The van der Waals surface area contributed by atoms with Gasteiger partial charge in [-0.3, -0.25) is 14.8 Å². The molecule has 0 fully saturated rings. The Hall–Kier alpha value is -1.66. The molecular formula is C14H17N3O2S. The van der Waals surface area contributed by atoms with Crippen molar-refractivity contribution in [2.75, 3.05) is 18.6 Å². The van der Waals surface area contributed by atoms with E-state index in [9.17, 15) is 9.90 Å². The number of nitrogens with one attached hydrogen (secondary N) is 1. The first-order valence-electron chi connectivity index (χ1n) is 6.36. The number of thioether (sulfide) groups is 1. The second-order valence-electron chi connectivity index (χ2n) is 4.39. The maximum atomic E-state index is 12.1. The van der Waals surface area contributed by atoms with Crippen molar-refractivity contribution in [2.24, 2.45) is 0 Å². The average molecular weight is 291 g/mol. The van der Waals surface area contributed by atoms with Crippen LogP contribution in [0.1, 0.15) is 16.8 Å². The maximum Gasteiger partial charge on any atom is 0.251 e. The van der Waals surface area contributed by atoms with Gasteiger partial charge in [-0.05, 0) is 36.6 Å². The Bertz CT molecular complexity index is 591. The largest absolute Gasteiger partial charge is 0.394 e. The van der Waals surface area contributed by atoms with Gasteiger partial charge in [0, 0.05) is 18.0 Å². The number of rotatable bonds is 6. The van der Waals surface area contributed by atoms with E-state index in [1.54, 1.807) is 42.4 Å². The molecule has 106 valence electrons. The molecule has 2 N–H and O–H groups in total. The van der Waals surface area contributed by atoms with Gasteiger partial charge in [0.05, 0.1) is 23.7 Å². The molecule has 0 spiro atoms. The first kappa shape index (κ1) is 14.7. The van der Waals surface area contributed by atoms with Crippen LogP contribution in [0.4, 0.5) is 0 Å². The molecule has 0 bridgehead atoms. The van der Waals surface area contributed by atoms with Crippen LogP contribution >= 0.6 is 11.8 Å². The van der Waals surface area contributed by atoms with Gasteiger partial charge in [0.15, 0.2) is 0 Å². The number of fused-ring (bicyclic) bond motifs is 1. The molecule has 6 heteroatoms. The van der Waals surface area contributed by atoms with E-state index < -0.39 is 0 Å². The predicted molar refractivity (Wildman–Crippen MR) is 80.9 cm³/mol. The average Bonchev–Trinajstić information content (AvgIpc) is 2.50. The lowest BCUT2D eigenvalue weighted by Crippen LogP contribution is -2.37. The zero-order valence-electron chi connectivity index (χ0n) is 11.2. The molecule has 2 aromatic rings. The third-order valence-electron chi connectivity index (χ3n) is 2.96. The van der Waals surface area contributed by atoms with Crippen molar-refractivity contribution in [1.82, 2.24) is 15.3 Å². The standard InChI is InChI=1S/C14H17N3O2S/c1-20-7-4-11(9-18)17-14(19)10-2-3-12-13(8-10)16-6-5-15-12/h2-3,5-6,8,11,18H,4,7,9H2,1H3,(H,17,19). The molecule has 0 saturated carbocycles. The third-order valence-corrected chi connectivity index (χ3v) is 3.60. The maximum absolute atomic E-state index is 12.1. The van der Waals surface area contributed by atoms with Crippen LogP contribution in [0.5, 0.6) is 0 Å². The van der Waals surface area contributed by atoms with E-state index in [0.29, 0.717) is 11.1 Å². The van der Waals surface area contributed by atoms with E-state index in [4.69, 9.17) is 0 Å². The quantitative estimate of drug-likeness (QED) is 0.843. The topological polar surface area (TPSA) is 75.1 Å². The number of hydrogen-bond acceptors (Lipinski definition) is 5. The molecule has 2 rings (SSSR count). The summed E-state index contributed by atoms with van der Waals surface area (Å²) in [6, 6.07) is 4.98. The predicted octanol–water partition coefficient (Wildman–Crippen LogP) is 1.47. The van der Waals surface area contributed by atoms with Crippen molar-refractivity contribution in [3.8, 4) is 0 Å². The molecule has 0 radical (unpaired) electrons. The summed E-state index contributed by atoms with van der Waals surface area (Å²) in [6.07, 6.45) is 5.96. The van der Waals surface area contributed by atoms with Crippen LogP contribution < -0.4 is 5.32 Å². The second-order valence-corrected chi connectivity index (χ2v) is 5.38. The molecule has 1 aromatic heterocycles. The summed E-state index contributed by atoms with van der Waals surface area (Å²) in [4.78, 5) is 20.5. The molecule has 0 aliphatic rings. The van der Waals surface area contributed by atoms with Crippen LogP contribution in [0.25, 0.3) is 11.0 Å². The number of aromatic nitrogens is 2. The van der Waals surface area contributed by atoms with Crippen molar-refractivity contribution < 1.29 is 9.90 Å². The van der Waals surface area contributed by atoms with Crippen molar-refractivity contribution in [1.29, 1.82) is 0 Å². The minimum atomic E-state index is -0.215. The lowest BCUT2D eigenvalue weighted by molar-refractivity contribution is 0.0915. The van der Waals surface area contributed by atoms with Gasteiger partial charge >= 0.3 is 0 Å². The Morgan fingerprint density at radius 2 is 2.10 bits per heavy atom. The number of carbonyl (C=O) groups is 1. The van der Waals surface area contributed by atoms with Crippen LogP contribution in [0.2, 0.25) is 0 Å². The zero-order valence-corrected chi connectivity index (χ0v) is 12.1. The summed E-state index contributed by atoms with van der Waals surface area (Å²) in [5.41, 5.74) is 1.97. The van der Waals surface area contributed by atoms with Crippen molar-refractivity contribution in [2.45, 2.75) is 12.5 Å². The lowest BCUT2D eigenvalue weighted by atomic mass is 10.1. The number of benzene rings is 1. The number of amides is 1. The van der Waals surface area contributed by atoms with E-state index >= 15 is 0 Å². The van der Waals surface area contributed by atoms with Crippen LogP contribution in [-0.2, 0) is 0 Å². The molecule has 0 saturated heterocycles. The molecule has 0 aliphatic carbocycles. The minimum absolute atomic E-state index is 0.0559. The first-order valence-corrected chi connectivity index (χ1v) is 7.75. The molecule has 20 heavy (non-hydrogen) atoms. The Morgan fingerprint density at radius 1 is 1.35 bits per heavy atom. The molecule has 0 aliphatic heterocycles. The monoisotopic (exact) mass is 291 g/mol. The van der Waals surface area contributed by atoms with Gasteiger partial charge in [0.1, 0.15) is 0 Å². The SMILES string of the molecule is CSCCC(CO)NC(=O)c1ccc2nccnc2c1. The van der Waals surface area contributed by atoms with E-state index in [0.717, 1.165) is 17.7 Å². The van der Waals surface area contributed by atoms with Gasteiger partial charge in [-0.1, -0.05) is 0 Å². The van der Waals surface area contributed by atoms with E-state index in [1.165, 1.54) is 0 Å². The van der Waals surface area contributed by atoms with Gasteiger partial charge in [0.25, 0.3) is 5.91 Å². The Kier molecular flexibility index (Phi) is 5.31. The Morgan fingerprint density at radius 3 is 2.80 bits per heavy atom. The molecular weight excluding hydrogens is 274 g/mol. The van der Waals surface area contributed by atoms with Gasteiger partial charge in [0.2, 0.25) is 0 Å². The molecule has 1 unspecified atom stereocenters. The summed E-state index contributed by atoms with van der Waals surface area (Å²) in [5, 5.41) is 12.1. The number of aliphatic hydroxyl groups excluding tert-OH is 1. The fraction of sp³-hybridized carbons (Fsp3) is 0.357. The first-order chi connectivity index (χ1) is 9.74. The van der Waals surface area contributed by atoms with Crippen LogP contribution in [0.15, 0.2) is 30.6 Å². The van der Waals surface area contributed by atoms with Gasteiger partial charge in [-0.15, -0.1) is 0 Å². The summed E-state index contributed by atoms with van der Waals surface area (Å²) in [5.74, 6) is 0.701. The highest BCUT2D eigenvalue weighted by atomic mass is 32.2. The Labute approximate surface area is 121 Å². The second kappa shape index (κ2) is 7.21. The van der Waals surface area contributed by atoms with Gasteiger partial charge < -0.3 is 10.4 Å². The van der Waals surface area contributed by atoms with E-state index in [1.807, 2.05) is 6.26 Å². The molecule has 5 nitrogen and oxygen atoms in total. The number of hydrogen-bond donors (Lipinski definition) is 2. The lowest BCUT2D eigenvalue weighted by Gasteiger charge is -2.15. The molecule has 1 amide bonds. The zero-order chi connectivity index (χ0) is 14.4. The Balaban J connectivity index is 2.10. The highest BCUT2D eigenvalue weighted by Crippen LogP contribution is 2.11. The van der Waals surface area contributed by atoms with Crippen molar-refractivity contribution >= 4 is 28.7 Å². The fourth-order valence-electron chi connectivity index (χ4n) is 1.84. The smallest absolute Gasteiger partial charge is 0.251 e. The van der Waals surface area contributed by atoms with Gasteiger partial charge in [-0.25, -0.2) is 0 Å². The highest BCUT2D eigenvalue weighted by Gasteiger charge is 2.13. The van der Waals surface area contributed by atoms with Crippen LogP contribution in [0, 0.1) is 0 Å².